The highest BCUT2D eigenvalue weighted by molar-refractivity contribution is 5.75. The molecule has 0 bridgehead atoms. The molecular formula is C15H22O5. The summed E-state index contributed by atoms with van der Waals surface area (Å²) in [5, 5.41) is 9.54. The van der Waals surface area contributed by atoms with Crippen LogP contribution in [-0.4, -0.2) is 31.9 Å². The smallest absolute Gasteiger partial charge is 0.314 e. The molecule has 20 heavy (non-hydrogen) atoms. The van der Waals surface area contributed by atoms with Crippen molar-refractivity contribution in [3.8, 4) is 11.5 Å². The minimum absolute atomic E-state index is 0.171. The summed E-state index contributed by atoms with van der Waals surface area (Å²) in [4.78, 5) is 11.6. The van der Waals surface area contributed by atoms with Crippen LogP contribution in [0, 0.1) is 5.41 Å². The average Bonchev–Trinajstić information content (AvgIpc) is 2.43. The van der Waals surface area contributed by atoms with E-state index in [1.165, 1.54) is 14.2 Å². The summed E-state index contributed by atoms with van der Waals surface area (Å²) < 4.78 is 15.6. The monoisotopic (exact) mass is 282 g/mol. The van der Waals surface area contributed by atoms with Crippen molar-refractivity contribution in [2.45, 2.75) is 26.9 Å². The van der Waals surface area contributed by atoms with Crippen LogP contribution in [0.15, 0.2) is 18.2 Å². The molecule has 1 rings (SSSR count). The second kappa shape index (κ2) is 6.61. The van der Waals surface area contributed by atoms with Gasteiger partial charge >= 0.3 is 5.97 Å². The van der Waals surface area contributed by atoms with Gasteiger partial charge in [0, 0.05) is 0 Å². The van der Waals surface area contributed by atoms with Gasteiger partial charge < -0.3 is 19.3 Å². The van der Waals surface area contributed by atoms with Crippen LogP contribution in [0.5, 0.6) is 11.5 Å². The topological polar surface area (TPSA) is 65.0 Å². The number of carbonyl (C=O) groups is 1. The molecule has 5 nitrogen and oxygen atoms in total. The number of ether oxygens (including phenoxy) is 3. The number of aliphatic hydroxyl groups excluding tert-OH is 1. The normalized spacial score (nSPS) is 12.7. The molecule has 1 atom stereocenters. The summed E-state index contributed by atoms with van der Waals surface area (Å²) in [6.07, 6.45) is -0.579. The second-order valence-electron chi connectivity index (χ2n) is 5.25. The molecule has 1 N–H and O–H groups in total. The zero-order chi connectivity index (χ0) is 15.3. The largest absolute Gasteiger partial charge is 0.493 e. The van der Waals surface area contributed by atoms with E-state index in [0.29, 0.717) is 11.5 Å². The highest BCUT2D eigenvalue weighted by atomic mass is 16.5. The van der Waals surface area contributed by atoms with Crippen molar-refractivity contribution in [1.82, 2.24) is 0 Å². The van der Waals surface area contributed by atoms with Gasteiger partial charge in [0.05, 0.1) is 25.7 Å². The van der Waals surface area contributed by atoms with Gasteiger partial charge in [-0.25, -0.2) is 0 Å². The van der Waals surface area contributed by atoms with Crippen LogP contribution in [0.3, 0.4) is 0 Å². The van der Waals surface area contributed by atoms with Crippen LogP contribution in [0.4, 0.5) is 0 Å². The molecule has 0 saturated carbocycles. The maximum atomic E-state index is 11.6. The van der Waals surface area contributed by atoms with Gasteiger partial charge in [-0.3, -0.25) is 4.79 Å². The standard InChI is InChI=1S/C15H22O5/c1-10(16)11-6-7-12(13(8-11)18-4)20-9-15(2,3)14(17)19-5/h6-8,10,16H,9H2,1-5H3/t10-/m1/s1. The van der Waals surface area contributed by atoms with Gasteiger partial charge in [-0.2, -0.15) is 0 Å². The Morgan fingerprint density at radius 1 is 1.30 bits per heavy atom. The molecule has 0 aliphatic rings. The highest BCUT2D eigenvalue weighted by Crippen LogP contribution is 2.31. The lowest BCUT2D eigenvalue weighted by Crippen LogP contribution is -2.32. The summed E-state index contributed by atoms with van der Waals surface area (Å²) in [6, 6.07) is 5.19. The van der Waals surface area contributed by atoms with E-state index in [1.807, 2.05) is 0 Å². The molecule has 1 aromatic rings. The summed E-state index contributed by atoms with van der Waals surface area (Å²) in [7, 11) is 2.88. The zero-order valence-corrected chi connectivity index (χ0v) is 12.6. The first-order valence-corrected chi connectivity index (χ1v) is 6.39. The van der Waals surface area contributed by atoms with Crippen molar-refractivity contribution in [3.05, 3.63) is 23.8 Å². The summed E-state index contributed by atoms with van der Waals surface area (Å²) in [5.41, 5.74) is -0.00988. The van der Waals surface area contributed by atoms with Gasteiger partial charge in [0.25, 0.3) is 0 Å². The Balaban J connectivity index is 2.85. The average molecular weight is 282 g/mol. The molecule has 0 amide bonds. The van der Waals surface area contributed by atoms with E-state index >= 15 is 0 Å². The fraction of sp³-hybridized carbons (Fsp3) is 0.533. The number of carbonyl (C=O) groups excluding carboxylic acids is 1. The van der Waals surface area contributed by atoms with Gasteiger partial charge in [-0.05, 0) is 38.5 Å². The van der Waals surface area contributed by atoms with Crippen LogP contribution >= 0.6 is 0 Å². The Bertz CT molecular complexity index is 465. The first-order chi connectivity index (χ1) is 9.31. The quantitative estimate of drug-likeness (QED) is 0.811. The molecule has 0 aliphatic heterocycles. The summed E-state index contributed by atoms with van der Waals surface area (Å²) in [6.45, 7) is 5.34. The van der Waals surface area contributed by atoms with E-state index in [9.17, 15) is 9.90 Å². The van der Waals surface area contributed by atoms with Gasteiger partial charge in [-0.1, -0.05) is 6.07 Å². The minimum atomic E-state index is -0.747. The van der Waals surface area contributed by atoms with Crippen molar-refractivity contribution >= 4 is 5.97 Å². The van der Waals surface area contributed by atoms with Crippen LogP contribution in [0.2, 0.25) is 0 Å². The van der Waals surface area contributed by atoms with E-state index in [0.717, 1.165) is 5.56 Å². The number of esters is 1. The SMILES string of the molecule is COC(=O)C(C)(C)COc1ccc([C@@H](C)O)cc1OC. The van der Waals surface area contributed by atoms with Crippen molar-refractivity contribution in [1.29, 1.82) is 0 Å². The molecule has 5 heteroatoms. The third-order valence-electron chi connectivity index (χ3n) is 3.00. The first-order valence-electron chi connectivity index (χ1n) is 6.39. The van der Waals surface area contributed by atoms with E-state index < -0.39 is 11.5 Å². The minimum Gasteiger partial charge on any atom is -0.493 e. The van der Waals surface area contributed by atoms with Crippen LogP contribution in [0.25, 0.3) is 0 Å². The van der Waals surface area contributed by atoms with Crippen LogP contribution in [0.1, 0.15) is 32.4 Å². The molecule has 1 aromatic carbocycles. The van der Waals surface area contributed by atoms with Crippen molar-refractivity contribution < 1.29 is 24.1 Å². The van der Waals surface area contributed by atoms with Crippen LogP contribution in [-0.2, 0) is 9.53 Å². The van der Waals surface area contributed by atoms with Crippen molar-refractivity contribution in [3.63, 3.8) is 0 Å². The van der Waals surface area contributed by atoms with Crippen molar-refractivity contribution in [2.75, 3.05) is 20.8 Å². The van der Waals surface area contributed by atoms with E-state index in [2.05, 4.69) is 0 Å². The lowest BCUT2D eigenvalue weighted by Gasteiger charge is -2.22. The summed E-state index contributed by atoms with van der Waals surface area (Å²) in [5.74, 6) is 0.704. The van der Waals surface area contributed by atoms with E-state index in [-0.39, 0.29) is 12.6 Å². The fourth-order valence-corrected chi connectivity index (χ4v) is 1.66. The molecule has 0 heterocycles. The number of aliphatic hydroxyl groups is 1. The molecule has 0 spiro atoms. The van der Waals surface area contributed by atoms with Crippen LogP contribution < -0.4 is 9.47 Å². The maximum absolute atomic E-state index is 11.6. The molecule has 0 saturated heterocycles. The molecule has 0 aromatic heterocycles. The molecule has 112 valence electrons. The number of rotatable bonds is 6. The Morgan fingerprint density at radius 3 is 2.45 bits per heavy atom. The zero-order valence-electron chi connectivity index (χ0n) is 12.6. The van der Waals surface area contributed by atoms with Gasteiger partial charge in [-0.15, -0.1) is 0 Å². The number of hydrogen-bond acceptors (Lipinski definition) is 5. The lowest BCUT2D eigenvalue weighted by atomic mass is 9.95. The Morgan fingerprint density at radius 2 is 1.95 bits per heavy atom. The third kappa shape index (κ3) is 3.87. The lowest BCUT2D eigenvalue weighted by molar-refractivity contribution is -0.152. The Kier molecular flexibility index (Phi) is 5.39. The van der Waals surface area contributed by atoms with E-state index in [4.69, 9.17) is 14.2 Å². The fourth-order valence-electron chi connectivity index (χ4n) is 1.66. The van der Waals surface area contributed by atoms with E-state index in [1.54, 1.807) is 39.0 Å². The van der Waals surface area contributed by atoms with Crippen molar-refractivity contribution in [2.24, 2.45) is 5.41 Å². The number of methoxy groups -OCH3 is 2. The second-order valence-corrected chi connectivity index (χ2v) is 5.25. The van der Waals surface area contributed by atoms with Gasteiger partial charge in [0.1, 0.15) is 6.61 Å². The highest BCUT2D eigenvalue weighted by Gasteiger charge is 2.30. The number of hydrogen-bond donors (Lipinski definition) is 1. The predicted molar refractivity (Wildman–Crippen MR) is 74.9 cm³/mol. The Labute approximate surface area is 119 Å². The first kappa shape index (κ1) is 16.3. The Hall–Kier alpha value is -1.75. The third-order valence-corrected chi connectivity index (χ3v) is 3.00. The summed E-state index contributed by atoms with van der Waals surface area (Å²) >= 11 is 0. The molecular weight excluding hydrogens is 260 g/mol. The molecule has 0 fully saturated rings. The number of benzene rings is 1. The molecule has 0 aliphatic carbocycles. The van der Waals surface area contributed by atoms with Gasteiger partial charge in [0.15, 0.2) is 11.5 Å². The maximum Gasteiger partial charge on any atom is 0.314 e. The predicted octanol–water partition coefficient (Wildman–Crippen LogP) is 2.33. The molecule has 0 unspecified atom stereocenters. The van der Waals surface area contributed by atoms with Gasteiger partial charge in [0.2, 0.25) is 0 Å². The molecule has 0 radical (unpaired) electrons.